The molecule has 0 aliphatic heterocycles. The number of para-hydroxylation sites is 1. The number of hydrogen-bond acceptors (Lipinski definition) is 5. The maximum Gasteiger partial charge on any atom is 0.173 e. The van der Waals surface area contributed by atoms with Crippen LogP contribution in [0, 0.1) is 11.3 Å². The Bertz CT molecular complexity index is 989. The van der Waals surface area contributed by atoms with E-state index in [9.17, 15) is 10.4 Å². The maximum absolute atomic E-state index is 10.1. The minimum atomic E-state index is 0.0179. The largest absolute Gasteiger partial charge is 0.503 e. The van der Waals surface area contributed by atoms with Gasteiger partial charge in [-0.05, 0) is 68.6 Å². The summed E-state index contributed by atoms with van der Waals surface area (Å²) in [5.41, 5.74) is 2.02. The first-order valence-electron chi connectivity index (χ1n) is 7.36. The van der Waals surface area contributed by atoms with Gasteiger partial charge < -0.3 is 9.84 Å². The number of rotatable bonds is 4. The molecule has 3 rings (SSSR count). The second-order valence-electron chi connectivity index (χ2n) is 5.03. The molecule has 0 atom stereocenters. The zero-order valence-electron chi connectivity index (χ0n) is 13.1. The van der Waals surface area contributed by atoms with Gasteiger partial charge in [-0.25, -0.2) is 4.98 Å². The van der Waals surface area contributed by atoms with Crippen molar-refractivity contribution in [3.63, 3.8) is 0 Å². The molecule has 1 heterocycles. The Labute approximate surface area is 165 Å². The van der Waals surface area contributed by atoms with Gasteiger partial charge in [0.1, 0.15) is 11.1 Å². The van der Waals surface area contributed by atoms with Gasteiger partial charge in [0.25, 0.3) is 0 Å². The van der Waals surface area contributed by atoms with E-state index in [1.165, 1.54) is 11.3 Å². The Morgan fingerprint density at radius 2 is 2.12 bits per heavy atom. The predicted octanol–water partition coefficient (Wildman–Crippen LogP) is 5.99. The van der Waals surface area contributed by atoms with E-state index in [0.717, 1.165) is 10.2 Å². The van der Waals surface area contributed by atoms with Crippen LogP contribution >= 0.6 is 43.2 Å². The third-order valence-corrected chi connectivity index (χ3v) is 6.65. The van der Waals surface area contributed by atoms with Crippen LogP contribution in [0.25, 0.3) is 21.9 Å². The van der Waals surface area contributed by atoms with E-state index in [2.05, 4.69) is 42.9 Å². The van der Waals surface area contributed by atoms with Crippen LogP contribution in [-0.2, 0) is 0 Å². The highest BCUT2D eigenvalue weighted by molar-refractivity contribution is 9.13. The van der Waals surface area contributed by atoms with Crippen molar-refractivity contribution in [1.29, 1.82) is 5.26 Å². The molecule has 0 spiro atoms. The van der Waals surface area contributed by atoms with E-state index < -0.39 is 0 Å². The van der Waals surface area contributed by atoms with Crippen LogP contribution in [0.2, 0.25) is 0 Å². The van der Waals surface area contributed by atoms with Gasteiger partial charge in [-0.1, -0.05) is 12.1 Å². The molecule has 0 saturated carbocycles. The Hall–Kier alpha value is -1.88. The molecule has 4 nitrogen and oxygen atoms in total. The molecule has 3 aromatic rings. The van der Waals surface area contributed by atoms with Crippen molar-refractivity contribution >= 4 is 65.1 Å². The second-order valence-corrected chi connectivity index (χ2v) is 7.65. The summed E-state index contributed by atoms with van der Waals surface area (Å²) in [6.07, 6.45) is 1.73. The van der Waals surface area contributed by atoms with Crippen LogP contribution in [-0.4, -0.2) is 16.7 Å². The molecule has 0 amide bonds. The summed E-state index contributed by atoms with van der Waals surface area (Å²) in [6.45, 7) is 2.26. The van der Waals surface area contributed by atoms with Gasteiger partial charge in [0.05, 0.1) is 26.9 Å². The maximum atomic E-state index is 10.1. The van der Waals surface area contributed by atoms with E-state index in [4.69, 9.17) is 4.74 Å². The van der Waals surface area contributed by atoms with Crippen molar-refractivity contribution in [2.75, 3.05) is 6.61 Å². The Morgan fingerprint density at radius 3 is 2.80 bits per heavy atom. The molecule has 0 radical (unpaired) electrons. The standard InChI is InChI=1S/C18H12Br2N2O2S/c1-2-24-13-8-10(15(19)16(20)17(13)23)7-11(9-21)18-22-12-5-3-4-6-14(12)25-18/h3-8,23H,2H2,1H3. The molecule has 0 aliphatic carbocycles. The van der Waals surface area contributed by atoms with E-state index >= 15 is 0 Å². The highest BCUT2D eigenvalue weighted by Crippen LogP contribution is 2.43. The first-order chi connectivity index (χ1) is 12.0. The predicted molar refractivity (Wildman–Crippen MR) is 108 cm³/mol. The van der Waals surface area contributed by atoms with Gasteiger partial charge in [-0.15, -0.1) is 11.3 Å². The summed E-state index contributed by atoms with van der Waals surface area (Å²) in [7, 11) is 0. The monoisotopic (exact) mass is 478 g/mol. The van der Waals surface area contributed by atoms with E-state index in [1.807, 2.05) is 31.2 Å². The quantitative estimate of drug-likeness (QED) is 0.466. The first kappa shape index (κ1) is 17.9. The Balaban J connectivity index is 2.12. The van der Waals surface area contributed by atoms with Gasteiger partial charge >= 0.3 is 0 Å². The molecule has 1 N–H and O–H groups in total. The van der Waals surface area contributed by atoms with Crippen molar-refractivity contribution in [1.82, 2.24) is 4.98 Å². The lowest BCUT2D eigenvalue weighted by Crippen LogP contribution is -1.94. The number of fused-ring (bicyclic) bond motifs is 1. The van der Waals surface area contributed by atoms with Crippen molar-refractivity contribution in [2.45, 2.75) is 6.92 Å². The second kappa shape index (κ2) is 7.56. The van der Waals surface area contributed by atoms with Crippen LogP contribution in [0.15, 0.2) is 39.3 Å². The van der Waals surface area contributed by atoms with Crippen molar-refractivity contribution < 1.29 is 9.84 Å². The Morgan fingerprint density at radius 1 is 1.36 bits per heavy atom. The molecular formula is C18H12Br2N2O2S. The summed E-state index contributed by atoms with van der Waals surface area (Å²) in [5.74, 6) is 0.370. The zero-order chi connectivity index (χ0) is 18.0. The molecule has 2 aromatic carbocycles. The number of benzene rings is 2. The van der Waals surface area contributed by atoms with Gasteiger partial charge in [0.2, 0.25) is 0 Å². The average Bonchev–Trinajstić information content (AvgIpc) is 3.05. The number of phenolic OH excluding ortho intramolecular Hbond substituents is 1. The number of nitriles is 1. The minimum absolute atomic E-state index is 0.0179. The summed E-state index contributed by atoms with van der Waals surface area (Å²) in [6, 6.07) is 11.7. The molecule has 0 fully saturated rings. The molecule has 7 heteroatoms. The minimum Gasteiger partial charge on any atom is -0.503 e. The van der Waals surface area contributed by atoms with E-state index in [-0.39, 0.29) is 5.75 Å². The number of ether oxygens (including phenoxy) is 1. The molecule has 1 aromatic heterocycles. The zero-order valence-corrected chi connectivity index (χ0v) is 17.1. The average molecular weight is 480 g/mol. The van der Waals surface area contributed by atoms with Crippen molar-refractivity contribution in [2.24, 2.45) is 0 Å². The number of hydrogen-bond donors (Lipinski definition) is 1. The number of phenols is 1. The summed E-state index contributed by atoms with van der Waals surface area (Å²) in [5, 5.41) is 20.4. The fourth-order valence-corrected chi connectivity index (χ4v) is 4.04. The molecule has 0 bridgehead atoms. The van der Waals surface area contributed by atoms with Crippen LogP contribution in [0.5, 0.6) is 11.5 Å². The normalized spacial score (nSPS) is 11.5. The number of thiazole rings is 1. The molecule has 25 heavy (non-hydrogen) atoms. The fourth-order valence-electron chi connectivity index (χ4n) is 2.27. The highest BCUT2D eigenvalue weighted by atomic mass is 79.9. The summed E-state index contributed by atoms with van der Waals surface area (Å²) < 4.78 is 7.60. The molecule has 0 unspecified atom stereocenters. The smallest absolute Gasteiger partial charge is 0.173 e. The lowest BCUT2D eigenvalue weighted by Gasteiger charge is -2.11. The first-order valence-corrected chi connectivity index (χ1v) is 9.77. The van der Waals surface area contributed by atoms with Crippen LogP contribution in [0.4, 0.5) is 0 Å². The molecule has 0 aliphatic rings. The lowest BCUT2D eigenvalue weighted by molar-refractivity contribution is 0.317. The SMILES string of the molecule is CCOc1cc(C=C(C#N)c2nc3ccccc3s2)c(Br)c(Br)c1O. The number of aromatic hydroxyl groups is 1. The Kier molecular flexibility index (Phi) is 5.42. The van der Waals surface area contributed by atoms with Crippen LogP contribution in [0.3, 0.4) is 0 Å². The number of halogens is 2. The number of aromatic nitrogens is 1. The number of nitrogens with zero attached hydrogens (tertiary/aromatic N) is 2. The lowest BCUT2D eigenvalue weighted by atomic mass is 10.1. The molecular weight excluding hydrogens is 468 g/mol. The third kappa shape index (κ3) is 3.56. The van der Waals surface area contributed by atoms with Crippen LogP contribution in [0.1, 0.15) is 17.5 Å². The molecule has 0 saturated heterocycles. The van der Waals surface area contributed by atoms with Crippen molar-refractivity contribution in [3.8, 4) is 17.6 Å². The highest BCUT2D eigenvalue weighted by Gasteiger charge is 2.16. The van der Waals surface area contributed by atoms with E-state index in [1.54, 1.807) is 12.1 Å². The van der Waals surface area contributed by atoms with Gasteiger partial charge in [0, 0.05) is 4.47 Å². The van der Waals surface area contributed by atoms with Gasteiger partial charge in [-0.2, -0.15) is 5.26 Å². The number of allylic oxidation sites excluding steroid dienone is 1. The van der Waals surface area contributed by atoms with Gasteiger partial charge in [-0.3, -0.25) is 0 Å². The third-order valence-electron chi connectivity index (χ3n) is 3.42. The van der Waals surface area contributed by atoms with E-state index in [0.29, 0.717) is 37.4 Å². The van der Waals surface area contributed by atoms with Crippen LogP contribution < -0.4 is 4.74 Å². The summed E-state index contributed by atoms with van der Waals surface area (Å²) >= 11 is 8.26. The van der Waals surface area contributed by atoms with Gasteiger partial charge in [0.15, 0.2) is 11.5 Å². The molecule has 126 valence electrons. The topological polar surface area (TPSA) is 66.1 Å². The van der Waals surface area contributed by atoms with Crippen molar-refractivity contribution in [3.05, 3.63) is 49.8 Å². The summed E-state index contributed by atoms with van der Waals surface area (Å²) in [4.78, 5) is 4.53. The fraction of sp³-hybridized carbons (Fsp3) is 0.111.